The van der Waals surface area contributed by atoms with Gasteiger partial charge in [-0.2, -0.15) is 13.2 Å². The SMILES string of the molecule is COc1cc(-c2cnc(C(F)(F)F)c(N)c2)c(Cl)cn1. The van der Waals surface area contributed by atoms with E-state index in [1.165, 1.54) is 19.4 Å². The van der Waals surface area contributed by atoms with E-state index in [0.29, 0.717) is 11.1 Å². The molecule has 2 rings (SSSR count). The maximum atomic E-state index is 12.6. The van der Waals surface area contributed by atoms with Gasteiger partial charge in [-0.05, 0) is 6.07 Å². The van der Waals surface area contributed by atoms with Crippen LogP contribution in [0.2, 0.25) is 5.02 Å². The lowest BCUT2D eigenvalue weighted by atomic mass is 10.1. The minimum Gasteiger partial charge on any atom is -0.481 e. The Labute approximate surface area is 117 Å². The summed E-state index contributed by atoms with van der Waals surface area (Å²) in [5, 5.41) is 0.256. The van der Waals surface area contributed by atoms with Gasteiger partial charge in [0.25, 0.3) is 0 Å². The molecule has 2 aromatic rings. The number of methoxy groups -OCH3 is 1. The van der Waals surface area contributed by atoms with Crippen LogP contribution in [0.25, 0.3) is 11.1 Å². The first-order valence-corrected chi connectivity index (χ1v) is 5.73. The van der Waals surface area contributed by atoms with Crippen molar-refractivity contribution in [1.82, 2.24) is 9.97 Å². The molecule has 0 aliphatic carbocycles. The topological polar surface area (TPSA) is 61.0 Å². The second-order valence-electron chi connectivity index (χ2n) is 3.87. The Hall–Kier alpha value is -2.02. The molecule has 0 spiro atoms. The monoisotopic (exact) mass is 303 g/mol. The summed E-state index contributed by atoms with van der Waals surface area (Å²) in [6.45, 7) is 0. The molecule has 0 atom stereocenters. The maximum absolute atomic E-state index is 12.6. The van der Waals surface area contributed by atoms with Gasteiger partial charge in [0.15, 0.2) is 5.69 Å². The number of ether oxygens (including phenoxy) is 1. The molecule has 0 fully saturated rings. The van der Waals surface area contributed by atoms with Crippen LogP contribution in [0.15, 0.2) is 24.5 Å². The molecule has 0 aromatic carbocycles. The summed E-state index contributed by atoms with van der Waals surface area (Å²) in [6.07, 6.45) is -2.20. The molecule has 0 aliphatic rings. The molecule has 20 heavy (non-hydrogen) atoms. The Balaban J connectivity index is 2.52. The molecule has 2 aromatic heterocycles. The molecule has 0 radical (unpaired) electrons. The number of pyridine rings is 2. The average molecular weight is 304 g/mol. The first-order chi connectivity index (χ1) is 9.32. The Bertz CT molecular complexity index is 646. The zero-order valence-corrected chi connectivity index (χ0v) is 11.0. The van der Waals surface area contributed by atoms with Crippen LogP contribution in [0.1, 0.15) is 5.69 Å². The Kier molecular flexibility index (Phi) is 3.71. The molecule has 0 bridgehead atoms. The number of halogens is 4. The quantitative estimate of drug-likeness (QED) is 0.923. The highest BCUT2D eigenvalue weighted by Gasteiger charge is 2.35. The highest BCUT2D eigenvalue weighted by Crippen LogP contribution is 2.35. The van der Waals surface area contributed by atoms with E-state index in [1.54, 1.807) is 0 Å². The smallest absolute Gasteiger partial charge is 0.435 e. The molecule has 2 N–H and O–H groups in total. The maximum Gasteiger partial charge on any atom is 0.435 e. The summed E-state index contributed by atoms with van der Waals surface area (Å²) in [7, 11) is 1.42. The summed E-state index contributed by atoms with van der Waals surface area (Å²) < 4.78 is 42.7. The van der Waals surface area contributed by atoms with Crippen molar-refractivity contribution in [2.24, 2.45) is 0 Å². The van der Waals surface area contributed by atoms with Gasteiger partial charge in [-0.3, -0.25) is 0 Å². The lowest BCUT2D eigenvalue weighted by Crippen LogP contribution is -2.11. The van der Waals surface area contributed by atoms with Crippen LogP contribution in [0, 0.1) is 0 Å². The van der Waals surface area contributed by atoms with Crippen molar-refractivity contribution in [2.75, 3.05) is 12.8 Å². The van der Waals surface area contributed by atoms with Crippen LogP contribution < -0.4 is 10.5 Å². The van der Waals surface area contributed by atoms with E-state index in [2.05, 4.69) is 9.97 Å². The minimum absolute atomic E-state index is 0.256. The van der Waals surface area contributed by atoms with Gasteiger partial charge in [0.05, 0.1) is 24.0 Å². The largest absolute Gasteiger partial charge is 0.481 e. The average Bonchev–Trinajstić information content (AvgIpc) is 2.37. The van der Waals surface area contributed by atoms with E-state index in [1.807, 2.05) is 0 Å². The second kappa shape index (κ2) is 5.16. The van der Waals surface area contributed by atoms with Crippen molar-refractivity contribution in [1.29, 1.82) is 0 Å². The summed E-state index contributed by atoms with van der Waals surface area (Å²) in [6, 6.07) is 2.66. The van der Waals surface area contributed by atoms with Crippen molar-refractivity contribution in [3.63, 3.8) is 0 Å². The van der Waals surface area contributed by atoms with E-state index < -0.39 is 17.6 Å². The minimum atomic E-state index is -4.59. The highest BCUT2D eigenvalue weighted by molar-refractivity contribution is 6.33. The summed E-state index contributed by atoms with van der Waals surface area (Å²) in [5.74, 6) is 0.280. The fourth-order valence-electron chi connectivity index (χ4n) is 1.62. The molecule has 0 unspecified atom stereocenters. The van der Waals surface area contributed by atoms with Crippen molar-refractivity contribution in [2.45, 2.75) is 6.18 Å². The molecule has 0 amide bonds. The molecule has 0 saturated heterocycles. The molecular weight excluding hydrogens is 295 g/mol. The lowest BCUT2D eigenvalue weighted by Gasteiger charge is -2.11. The number of alkyl halides is 3. The molecule has 0 saturated carbocycles. The van der Waals surface area contributed by atoms with Gasteiger partial charge in [0, 0.05) is 23.4 Å². The zero-order valence-electron chi connectivity index (χ0n) is 10.2. The van der Waals surface area contributed by atoms with E-state index in [0.717, 1.165) is 12.3 Å². The standard InChI is InChI=1S/C12H9ClF3N3O/c1-20-10-3-7(8(13)5-18-10)6-2-9(17)11(19-4-6)12(14,15)16/h2-5H,17H2,1H3. The third kappa shape index (κ3) is 2.77. The number of hydrogen-bond acceptors (Lipinski definition) is 4. The summed E-state index contributed by atoms with van der Waals surface area (Å²) in [4.78, 5) is 7.23. The molecule has 4 nitrogen and oxygen atoms in total. The summed E-state index contributed by atoms with van der Waals surface area (Å²) >= 11 is 5.96. The van der Waals surface area contributed by atoms with E-state index >= 15 is 0 Å². The fourth-order valence-corrected chi connectivity index (χ4v) is 1.83. The van der Waals surface area contributed by atoms with Crippen LogP contribution in [-0.2, 0) is 6.18 Å². The zero-order chi connectivity index (χ0) is 14.9. The van der Waals surface area contributed by atoms with Gasteiger partial charge in [-0.15, -0.1) is 0 Å². The van der Waals surface area contributed by atoms with Gasteiger partial charge in [0.2, 0.25) is 5.88 Å². The van der Waals surface area contributed by atoms with Crippen molar-refractivity contribution in [3.05, 3.63) is 35.2 Å². The second-order valence-corrected chi connectivity index (χ2v) is 4.27. The number of rotatable bonds is 2. The van der Waals surface area contributed by atoms with Gasteiger partial charge >= 0.3 is 6.18 Å². The van der Waals surface area contributed by atoms with Crippen molar-refractivity contribution in [3.8, 4) is 17.0 Å². The predicted octanol–water partition coefficient (Wildman–Crippen LogP) is 3.41. The van der Waals surface area contributed by atoms with Gasteiger partial charge in [-0.1, -0.05) is 11.6 Å². The lowest BCUT2D eigenvalue weighted by molar-refractivity contribution is -0.140. The van der Waals surface area contributed by atoms with Gasteiger partial charge in [-0.25, -0.2) is 9.97 Å². The van der Waals surface area contributed by atoms with E-state index in [-0.39, 0.29) is 10.9 Å². The fraction of sp³-hybridized carbons (Fsp3) is 0.167. The van der Waals surface area contributed by atoms with Crippen molar-refractivity contribution >= 4 is 17.3 Å². The molecule has 106 valence electrons. The number of anilines is 1. The molecule has 0 aliphatic heterocycles. The Morgan fingerprint density at radius 2 is 1.90 bits per heavy atom. The Morgan fingerprint density at radius 1 is 1.20 bits per heavy atom. The van der Waals surface area contributed by atoms with E-state index in [4.69, 9.17) is 22.1 Å². The number of aromatic nitrogens is 2. The third-order valence-corrected chi connectivity index (χ3v) is 2.84. The number of hydrogen-bond donors (Lipinski definition) is 1. The number of nitrogens with two attached hydrogens (primary N) is 1. The number of nitrogens with zero attached hydrogens (tertiary/aromatic N) is 2. The van der Waals surface area contributed by atoms with Crippen LogP contribution in [-0.4, -0.2) is 17.1 Å². The van der Waals surface area contributed by atoms with Gasteiger partial charge < -0.3 is 10.5 Å². The van der Waals surface area contributed by atoms with Crippen LogP contribution in [0.4, 0.5) is 18.9 Å². The normalized spacial score (nSPS) is 11.4. The van der Waals surface area contributed by atoms with Crippen LogP contribution >= 0.6 is 11.6 Å². The summed E-state index contributed by atoms with van der Waals surface area (Å²) in [5.41, 5.74) is 4.58. The van der Waals surface area contributed by atoms with Crippen LogP contribution in [0.5, 0.6) is 5.88 Å². The molecule has 2 heterocycles. The first kappa shape index (κ1) is 14.4. The third-order valence-electron chi connectivity index (χ3n) is 2.54. The molecular formula is C12H9ClF3N3O. The first-order valence-electron chi connectivity index (χ1n) is 5.35. The number of nitrogen functional groups attached to an aromatic ring is 1. The van der Waals surface area contributed by atoms with E-state index in [9.17, 15) is 13.2 Å². The van der Waals surface area contributed by atoms with Crippen LogP contribution in [0.3, 0.4) is 0 Å². The van der Waals surface area contributed by atoms with Crippen molar-refractivity contribution < 1.29 is 17.9 Å². The Morgan fingerprint density at radius 3 is 2.45 bits per heavy atom. The van der Waals surface area contributed by atoms with Gasteiger partial charge in [0.1, 0.15) is 0 Å². The highest BCUT2D eigenvalue weighted by atomic mass is 35.5. The molecule has 8 heteroatoms. The predicted molar refractivity (Wildman–Crippen MR) is 68.4 cm³/mol.